The Morgan fingerprint density at radius 1 is 1.00 bits per heavy atom. The molecule has 49 heavy (non-hydrogen) atoms. The first-order valence-corrected chi connectivity index (χ1v) is 18.7. The summed E-state index contributed by atoms with van der Waals surface area (Å²) >= 11 is 2.63. The molecule has 0 bridgehead atoms. The van der Waals surface area contributed by atoms with Gasteiger partial charge in [0.2, 0.25) is 5.75 Å². The van der Waals surface area contributed by atoms with Crippen LogP contribution in [0.5, 0.6) is 17.2 Å². The molecule has 0 N–H and O–H groups in total. The van der Waals surface area contributed by atoms with Crippen molar-refractivity contribution in [2.75, 3.05) is 27.1 Å². The maximum atomic E-state index is 14.0. The van der Waals surface area contributed by atoms with Gasteiger partial charge in [0.25, 0.3) is 21.1 Å². The molecule has 1 aliphatic rings. The zero-order chi connectivity index (χ0) is 34.9. The molecule has 0 saturated carbocycles. The van der Waals surface area contributed by atoms with Gasteiger partial charge >= 0.3 is 0 Å². The molecule has 15 heteroatoms. The summed E-state index contributed by atoms with van der Waals surface area (Å²) in [6, 6.07) is 11.0. The molecule has 6 rings (SSSR count). The minimum absolute atomic E-state index is 0.0438. The van der Waals surface area contributed by atoms with Gasteiger partial charge in [-0.15, -0.1) is 11.3 Å². The lowest BCUT2D eigenvalue weighted by Gasteiger charge is -2.17. The van der Waals surface area contributed by atoms with Gasteiger partial charge in [-0.3, -0.25) is 14.2 Å². The van der Waals surface area contributed by atoms with Crippen molar-refractivity contribution in [3.05, 3.63) is 85.0 Å². The van der Waals surface area contributed by atoms with Crippen LogP contribution in [0.2, 0.25) is 0 Å². The van der Waals surface area contributed by atoms with E-state index < -0.39 is 21.1 Å². The van der Waals surface area contributed by atoms with E-state index in [-0.39, 0.29) is 38.4 Å². The number of ether oxygens (including phenoxy) is 3. The highest BCUT2D eigenvalue weighted by Gasteiger charge is 2.29. The summed E-state index contributed by atoms with van der Waals surface area (Å²) < 4.78 is 46.5. The van der Waals surface area contributed by atoms with E-state index in [1.807, 2.05) is 13.0 Å². The summed E-state index contributed by atoms with van der Waals surface area (Å²) in [5.74, 6) is 1.11. The van der Waals surface area contributed by atoms with Crippen molar-refractivity contribution in [2.24, 2.45) is 0 Å². The van der Waals surface area contributed by atoms with Crippen molar-refractivity contribution in [1.82, 2.24) is 18.5 Å². The number of nitriles is 1. The predicted molar refractivity (Wildman–Crippen MR) is 188 cm³/mol. The smallest absolute Gasteiger partial charge is 0.286 e. The first kappa shape index (κ1) is 34.2. The van der Waals surface area contributed by atoms with Gasteiger partial charge in [0.1, 0.15) is 16.5 Å². The number of hydrogen-bond acceptors (Lipinski definition) is 12. The SMILES string of the molecule is COc1cc(-c2nc(SCCCn3cnc4sc5c(c4c3=O)CCCC5)n(S(=O)(=O)c3ccc(C)cc3)c(=O)c2C#N)cc(OC)c1OC. The molecule has 254 valence electrons. The highest BCUT2D eigenvalue weighted by molar-refractivity contribution is 7.99. The lowest BCUT2D eigenvalue weighted by atomic mass is 9.97. The molecule has 0 spiro atoms. The van der Waals surface area contributed by atoms with E-state index in [1.54, 1.807) is 34.4 Å². The van der Waals surface area contributed by atoms with Gasteiger partial charge < -0.3 is 14.2 Å². The van der Waals surface area contributed by atoms with Crippen LogP contribution >= 0.6 is 23.1 Å². The quantitative estimate of drug-likeness (QED) is 0.101. The maximum Gasteiger partial charge on any atom is 0.286 e. The number of rotatable bonds is 11. The third kappa shape index (κ3) is 6.31. The van der Waals surface area contributed by atoms with E-state index in [9.17, 15) is 23.3 Å². The van der Waals surface area contributed by atoms with Crippen LogP contribution in [-0.2, 0) is 29.4 Å². The monoisotopic (exact) mass is 719 g/mol. The van der Waals surface area contributed by atoms with E-state index in [4.69, 9.17) is 14.2 Å². The van der Waals surface area contributed by atoms with Crippen molar-refractivity contribution < 1.29 is 22.6 Å². The molecule has 0 atom stereocenters. The maximum absolute atomic E-state index is 14.0. The van der Waals surface area contributed by atoms with Crippen molar-refractivity contribution in [1.29, 1.82) is 5.26 Å². The summed E-state index contributed by atoms with van der Waals surface area (Å²) in [4.78, 5) is 38.6. The standard InChI is InChI=1S/C34H33N5O7S3/c1-20-10-12-22(13-11-20)49(42,43)39-32(40)24(18-35)29(21-16-25(44-2)30(46-4)26(17-21)45-3)37-34(39)47-15-7-14-38-19-36-31-28(33(38)41)23-8-5-6-9-27(23)48-31/h10-13,16-17,19H,5-9,14-15H2,1-4H3. The van der Waals surface area contributed by atoms with Crippen molar-refractivity contribution in [2.45, 2.75) is 55.6 Å². The minimum atomic E-state index is -4.47. The van der Waals surface area contributed by atoms with Gasteiger partial charge in [0, 0.05) is 22.7 Å². The highest BCUT2D eigenvalue weighted by Crippen LogP contribution is 2.41. The third-order valence-corrected chi connectivity index (χ3v) is 12.4. The number of aryl methyl sites for hydroxylation is 4. The fourth-order valence-corrected chi connectivity index (χ4v) is 9.60. The summed E-state index contributed by atoms with van der Waals surface area (Å²) in [6.07, 6.45) is 5.99. The molecule has 0 unspecified atom stereocenters. The number of methoxy groups -OCH3 is 3. The Hall–Kier alpha value is -4.65. The molecule has 0 radical (unpaired) electrons. The molecule has 3 heterocycles. The van der Waals surface area contributed by atoms with Crippen LogP contribution in [-0.4, -0.2) is 54.0 Å². The second kappa shape index (κ2) is 14.1. The van der Waals surface area contributed by atoms with Crippen molar-refractivity contribution >= 4 is 43.3 Å². The normalized spacial score (nSPS) is 12.8. The van der Waals surface area contributed by atoms with E-state index in [1.165, 1.54) is 50.5 Å². The number of hydrogen-bond donors (Lipinski definition) is 0. The van der Waals surface area contributed by atoms with Gasteiger partial charge in [0.05, 0.1) is 43.6 Å². The molecular formula is C34H33N5O7S3. The Morgan fingerprint density at radius 2 is 1.69 bits per heavy atom. The summed E-state index contributed by atoms with van der Waals surface area (Å²) in [7, 11) is -0.167. The largest absolute Gasteiger partial charge is 0.493 e. The van der Waals surface area contributed by atoms with Crippen molar-refractivity contribution in [3.8, 4) is 34.6 Å². The molecule has 0 aliphatic heterocycles. The topological polar surface area (TPSA) is 155 Å². The Bertz CT molecular complexity index is 2310. The molecule has 2 aromatic carbocycles. The second-order valence-electron chi connectivity index (χ2n) is 11.4. The number of thioether (sulfide) groups is 1. The summed E-state index contributed by atoms with van der Waals surface area (Å²) in [5.41, 5.74) is 0.582. The van der Waals surface area contributed by atoms with Crippen molar-refractivity contribution in [3.63, 3.8) is 0 Å². The number of benzene rings is 2. The summed E-state index contributed by atoms with van der Waals surface area (Å²) in [6.45, 7) is 2.14. The van der Waals surface area contributed by atoms with Crippen LogP contribution in [0.4, 0.5) is 0 Å². The fourth-order valence-electron chi connectivity index (χ4n) is 5.87. The number of fused-ring (bicyclic) bond motifs is 3. The fraction of sp³-hybridized carbons (Fsp3) is 0.324. The Morgan fingerprint density at radius 3 is 2.35 bits per heavy atom. The average molecular weight is 720 g/mol. The lowest BCUT2D eigenvalue weighted by Crippen LogP contribution is -2.32. The predicted octanol–water partition coefficient (Wildman–Crippen LogP) is 5.19. The highest BCUT2D eigenvalue weighted by atomic mass is 32.2. The second-order valence-corrected chi connectivity index (χ2v) is 15.3. The molecule has 0 amide bonds. The van der Waals surface area contributed by atoms with Crippen LogP contribution in [0.3, 0.4) is 0 Å². The van der Waals surface area contributed by atoms with E-state index in [0.29, 0.717) is 33.8 Å². The molecule has 1 aliphatic carbocycles. The average Bonchev–Trinajstić information content (AvgIpc) is 3.49. The van der Waals surface area contributed by atoms with Crippen LogP contribution < -0.4 is 25.3 Å². The Labute approximate surface area is 291 Å². The molecule has 0 saturated heterocycles. The van der Waals surface area contributed by atoms with Gasteiger partial charge in [0.15, 0.2) is 16.7 Å². The zero-order valence-corrected chi connectivity index (χ0v) is 29.8. The molecule has 3 aromatic heterocycles. The van der Waals surface area contributed by atoms with E-state index in [2.05, 4.69) is 9.97 Å². The third-order valence-electron chi connectivity index (χ3n) is 8.34. The molecule has 12 nitrogen and oxygen atoms in total. The van der Waals surface area contributed by atoms with E-state index >= 15 is 0 Å². The van der Waals surface area contributed by atoms with Crippen LogP contribution in [0.15, 0.2) is 62.4 Å². The summed E-state index contributed by atoms with van der Waals surface area (Å²) in [5, 5.41) is 10.7. The number of aromatic nitrogens is 4. The van der Waals surface area contributed by atoms with Gasteiger partial charge in [-0.25, -0.2) is 18.4 Å². The number of nitrogens with zero attached hydrogens (tertiary/aromatic N) is 5. The van der Waals surface area contributed by atoms with E-state index in [0.717, 1.165) is 53.4 Å². The number of thiophene rings is 1. The van der Waals surface area contributed by atoms with Crippen LogP contribution in [0, 0.1) is 18.3 Å². The van der Waals surface area contributed by atoms with Gasteiger partial charge in [-0.1, -0.05) is 29.5 Å². The Balaban J connectivity index is 1.40. The zero-order valence-electron chi connectivity index (χ0n) is 27.3. The Kier molecular flexibility index (Phi) is 9.82. The molecule has 5 aromatic rings. The molecule has 0 fully saturated rings. The minimum Gasteiger partial charge on any atom is -0.493 e. The van der Waals surface area contributed by atoms with Gasteiger partial charge in [-0.05, 0) is 68.9 Å². The van der Waals surface area contributed by atoms with Crippen LogP contribution in [0.25, 0.3) is 21.5 Å². The molecular weight excluding hydrogens is 687 g/mol. The lowest BCUT2D eigenvalue weighted by molar-refractivity contribution is 0.324. The first-order chi connectivity index (χ1) is 23.6. The first-order valence-electron chi connectivity index (χ1n) is 15.4. The van der Waals surface area contributed by atoms with Crippen LogP contribution in [0.1, 0.15) is 40.8 Å². The van der Waals surface area contributed by atoms with Gasteiger partial charge in [-0.2, -0.15) is 9.23 Å².